The van der Waals surface area contributed by atoms with E-state index in [9.17, 15) is 24.2 Å². The number of carbonyl (C=O) groups excluding carboxylic acids is 2. The van der Waals surface area contributed by atoms with Gasteiger partial charge >= 0.3 is 19.8 Å². The maximum Gasteiger partial charge on any atom is 0.472 e. The molecule has 0 aromatic heterocycles. The van der Waals surface area contributed by atoms with Crippen LogP contribution < -0.4 is 0 Å². The zero-order chi connectivity index (χ0) is 41.9. The van der Waals surface area contributed by atoms with Gasteiger partial charge in [-0.25, -0.2) is 4.57 Å². The highest BCUT2D eigenvalue weighted by atomic mass is 31.2. The number of rotatable bonds is 40. The second kappa shape index (κ2) is 41.6. The van der Waals surface area contributed by atoms with Crippen LogP contribution in [0.3, 0.4) is 0 Å². The Morgan fingerprint density at radius 2 is 0.965 bits per heavy atom. The molecular weight excluding hydrogens is 743 g/mol. The molecule has 3 atom stereocenters. The molecule has 0 aromatic rings. The van der Waals surface area contributed by atoms with Crippen molar-refractivity contribution in [3.8, 4) is 0 Å². The molecule has 0 radical (unpaired) electrons. The van der Waals surface area contributed by atoms with E-state index in [1.165, 1.54) is 25.7 Å². The number of hydrogen-bond acceptors (Lipinski definition) is 9. The SMILES string of the molecule is CC/C=C\C/C=C\C/C=C\CCCCCCCC(=O)OCC(COP(=O)(O)OCC(O)CO)OC(=O)CCCCCCCC/C=C\C/C=C\C/C=C\CCCCC. The predicted molar refractivity (Wildman–Crippen MR) is 233 cm³/mol. The minimum Gasteiger partial charge on any atom is -0.462 e. The van der Waals surface area contributed by atoms with Gasteiger partial charge in [0.05, 0.1) is 19.8 Å². The molecule has 0 rings (SSSR count). The minimum atomic E-state index is -4.63. The van der Waals surface area contributed by atoms with E-state index in [0.717, 1.165) is 103 Å². The zero-order valence-electron chi connectivity index (χ0n) is 35.5. The summed E-state index contributed by atoms with van der Waals surface area (Å²) in [4.78, 5) is 35.0. The van der Waals surface area contributed by atoms with Gasteiger partial charge in [-0.05, 0) is 83.5 Å². The van der Waals surface area contributed by atoms with Crippen molar-refractivity contribution in [2.24, 2.45) is 0 Å². The van der Waals surface area contributed by atoms with E-state index in [1.54, 1.807) is 0 Å². The van der Waals surface area contributed by atoms with Gasteiger partial charge in [-0.3, -0.25) is 18.6 Å². The minimum absolute atomic E-state index is 0.162. The van der Waals surface area contributed by atoms with E-state index in [4.69, 9.17) is 19.1 Å². The second-order valence-corrected chi connectivity index (χ2v) is 15.8. The van der Waals surface area contributed by atoms with Crippen LogP contribution in [0, 0.1) is 0 Å². The van der Waals surface area contributed by atoms with E-state index in [2.05, 4.69) is 91.3 Å². The summed E-state index contributed by atoms with van der Waals surface area (Å²) in [7, 11) is -4.63. The summed E-state index contributed by atoms with van der Waals surface area (Å²) in [5, 5.41) is 18.3. The molecule has 0 fully saturated rings. The van der Waals surface area contributed by atoms with Gasteiger partial charge in [-0.1, -0.05) is 145 Å². The number of ether oxygens (including phenoxy) is 2. The molecule has 0 saturated carbocycles. The van der Waals surface area contributed by atoms with Gasteiger partial charge in [0.25, 0.3) is 0 Å². The highest BCUT2D eigenvalue weighted by Crippen LogP contribution is 2.43. The molecular formula is C46H79O10P. The van der Waals surface area contributed by atoms with Crippen molar-refractivity contribution >= 4 is 19.8 Å². The molecule has 0 aromatic carbocycles. The fraction of sp³-hybridized carbons (Fsp3) is 0.696. The normalized spacial score (nSPS) is 14.5. The van der Waals surface area contributed by atoms with E-state index < -0.39 is 51.8 Å². The van der Waals surface area contributed by atoms with Crippen LogP contribution in [0.4, 0.5) is 0 Å². The first kappa shape index (κ1) is 54.4. The van der Waals surface area contributed by atoms with Crippen molar-refractivity contribution in [1.82, 2.24) is 0 Å². The first-order valence-electron chi connectivity index (χ1n) is 21.9. The Bertz CT molecular complexity index is 1180. The van der Waals surface area contributed by atoms with Crippen LogP contribution in [0.25, 0.3) is 0 Å². The Kier molecular flexibility index (Phi) is 39.7. The topological polar surface area (TPSA) is 149 Å². The number of hydrogen-bond donors (Lipinski definition) is 3. The van der Waals surface area contributed by atoms with Crippen molar-refractivity contribution in [3.63, 3.8) is 0 Å². The summed E-state index contributed by atoms with van der Waals surface area (Å²) in [5.74, 6) is -0.965. The highest BCUT2D eigenvalue weighted by Gasteiger charge is 2.27. The third-order valence-corrected chi connectivity index (χ3v) is 9.80. The van der Waals surface area contributed by atoms with Gasteiger partial charge < -0.3 is 24.6 Å². The Labute approximate surface area is 346 Å². The lowest BCUT2D eigenvalue weighted by molar-refractivity contribution is -0.161. The van der Waals surface area contributed by atoms with E-state index >= 15 is 0 Å². The fourth-order valence-electron chi connectivity index (χ4n) is 5.48. The monoisotopic (exact) mass is 823 g/mol. The Morgan fingerprint density at radius 3 is 1.46 bits per heavy atom. The maximum atomic E-state index is 12.6. The van der Waals surface area contributed by atoms with Crippen molar-refractivity contribution in [2.75, 3.05) is 26.4 Å². The molecule has 10 nitrogen and oxygen atoms in total. The van der Waals surface area contributed by atoms with E-state index in [-0.39, 0.29) is 19.4 Å². The van der Waals surface area contributed by atoms with Crippen molar-refractivity contribution in [1.29, 1.82) is 0 Å². The Morgan fingerprint density at radius 1 is 0.544 bits per heavy atom. The highest BCUT2D eigenvalue weighted by molar-refractivity contribution is 7.47. The lowest BCUT2D eigenvalue weighted by Gasteiger charge is -2.20. The molecule has 0 aliphatic heterocycles. The molecule has 0 bridgehead atoms. The molecule has 3 N–H and O–H groups in total. The van der Waals surface area contributed by atoms with Crippen LogP contribution in [-0.2, 0) is 32.7 Å². The van der Waals surface area contributed by atoms with Gasteiger partial charge in [0.1, 0.15) is 12.7 Å². The van der Waals surface area contributed by atoms with Gasteiger partial charge in [0.15, 0.2) is 6.10 Å². The number of carbonyl (C=O) groups is 2. The molecule has 0 spiro atoms. The Balaban J connectivity index is 4.35. The molecule has 0 saturated heterocycles. The van der Waals surface area contributed by atoms with Crippen molar-refractivity contribution in [2.45, 2.75) is 180 Å². The lowest BCUT2D eigenvalue weighted by atomic mass is 10.1. The largest absolute Gasteiger partial charge is 0.472 e. The number of esters is 2. The lowest BCUT2D eigenvalue weighted by Crippen LogP contribution is -2.29. The van der Waals surface area contributed by atoms with Gasteiger partial charge in [-0.15, -0.1) is 0 Å². The van der Waals surface area contributed by atoms with E-state index in [0.29, 0.717) is 12.8 Å². The molecule has 3 unspecified atom stereocenters. The summed E-state index contributed by atoms with van der Waals surface area (Å²) in [6, 6.07) is 0. The third-order valence-electron chi connectivity index (χ3n) is 8.84. The third kappa shape index (κ3) is 41.4. The summed E-state index contributed by atoms with van der Waals surface area (Å²) < 4.78 is 32.7. The smallest absolute Gasteiger partial charge is 0.462 e. The number of phosphoric ester groups is 1. The molecule has 0 amide bonds. The average molecular weight is 823 g/mol. The quantitative estimate of drug-likeness (QED) is 0.0236. The van der Waals surface area contributed by atoms with Crippen LogP contribution in [0.15, 0.2) is 72.9 Å². The predicted octanol–water partition coefficient (Wildman–Crippen LogP) is 11.7. The van der Waals surface area contributed by atoms with Crippen LogP contribution >= 0.6 is 7.82 Å². The number of aliphatic hydroxyl groups is 2. The summed E-state index contributed by atoms with van der Waals surface area (Å²) in [6.45, 7) is 2.19. The van der Waals surface area contributed by atoms with Gasteiger partial charge in [-0.2, -0.15) is 0 Å². The number of allylic oxidation sites excluding steroid dienone is 12. The van der Waals surface area contributed by atoms with Crippen molar-refractivity contribution < 1.29 is 47.8 Å². The molecule has 11 heteroatoms. The molecule has 328 valence electrons. The van der Waals surface area contributed by atoms with Crippen molar-refractivity contribution in [3.05, 3.63) is 72.9 Å². The Hall–Kier alpha value is -2.59. The summed E-state index contributed by atoms with van der Waals surface area (Å²) in [6.07, 6.45) is 47.2. The second-order valence-electron chi connectivity index (χ2n) is 14.3. The van der Waals surface area contributed by atoms with Crippen LogP contribution in [-0.4, -0.2) is 65.7 Å². The zero-order valence-corrected chi connectivity index (χ0v) is 36.4. The molecule has 0 aliphatic rings. The maximum absolute atomic E-state index is 12.6. The van der Waals surface area contributed by atoms with Gasteiger partial charge in [0.2, 0.25) is 0 Å². The first-order valence-corrected chi connectivity index (χ1v) is 23.4. The first-order chi connectivity index (χ1) is 27.7. The average Bonchev–Trinajstić information content (AvgIpc) is 3.20. The standard InChI is InChI=1S/C46H79O10P/c1-3-5-7-9-11-13-15-17-19-20-21-22-24-26-28-30-32-34-36-38-46(50)56-44(42-55-57(51,52)54-40-43(48)39-47)41-53-45(49)37-35-33-31-29-27-25-23-18-16-14-12-10-8-6-4-2/h6,8,11-14,17-19,21-23,43-44,47-48H,3-5,7,9-10,15-16,20,24-42H2,1-2H3,(H,51,52)/b8-6-,13-11-,14-12-,19-17-,22-21-,23-18-. The molecule has 57 heavy (non-hydrogen) atoms. The number of unbranched alkanes of at least 4 members (excludes halogenated alkanes) is 14. The molecule has 0 aliphatic carbocycles. The number of aliphatic hydroxyl groups excluding tert-OH is 2. The van der Waals surface area contributed by atoms with Gasteiger partial charge in [0, 0.05) is 12.8 Å². The molecule has 0 heterocycles. The summed E-state index contributed by atoms with van der Waals surface area (Å²) in [5.41, 5.74) is 0. The van der Waals surface area contributed by atoms with Crippen LogP contribution in [0.2, 0.25) is 0 Å². The van der Waals surface area contributed by atoms with Crippen LogP contribution in [0.1, 0.15) is 168 Å². The van der Waals surface area contributed by atoms with Crippen LogP contribution in [0.5, 0.6) is 0 Å². The summed E-state index contributed by atoms with van der Waals surface area (Å²) >= 11 is 0. The number of phosphoric acid groups is 1. The van der Waals surface area contributed by atoms with E-state index in [1.807, 2.05) is 0 Å². The fourth-order valence-corrected chi connectivity index (χ4v) is 6.27.